The second-order valence-electron chi connectivity index (χ2n) is 10.7. The molecule has 0 unspecified atom stereocenters. The van der Waals surface area contributed by atoms with Crippen molar-refractivity contribution < 1.29 is 18.7 Å². The molecule has 2 aromatic rings. The lowest BCUT2D eigenvalue weighted by molar-refractivity contribution is -0.116. The number of hydrogen-bond donors (Lipinski definition) is 2. The van der Waals surface area contributed by atoms with Crippen molar-refractivity contribution in [1.29, 1.82) is 0 Å². The molecule has 1 aliphatic rings. The van der Waals surface area contributed by atoms with Crippen molar-refractivity contribution in [2.24, 2.45) is 0 Å². The summed E-state index contributed by atoms with van der Waals surface area (Å²) in [5, 5.41) is 6.11. The van der Waals surface area contributed by atoms with Crippen LogP contribution in [0, 0.1) is 12.7 Å². The molecule has 2 atom stereocenters. The van der Waals surface area contributed by atoms with Crippen LogP contribution in [0.25, 0.3) is 0 Å². The van der Waals surface area contributed by atoms with Crippen molar-refractivity contribution in [3.63, 3.8) is 0 Å². The van der Waals surface area contributed by atoms with E-state index >= 15 is 0 Å². The van der Waals surface area contributed by atoms with E-state index in [2.05, 4.69) is 65.4 Å². The molecule has 1 amide bonds. The maximum atomic E-state index is 14.5. The highest BCUT2D eigenvalue weighted by molar-refractivity contribution is 5.86. The van der Waals surface area contributed by atoms with Gasteiger partial charge in [-0.05, 0) is 69.2 Å². The lowest BCUT2D eigenvalue weighted by atomic mass is 9.91. The number of halogens is 1. The molecule has 0 radical (unpaired) electrons. The molecule has 0 spiro atoms. The van der Waals surface area contributed by atoms with Crippen LogP contribution in [0.3, 0.4) is 0 Å². The Morgan fingerprint density at radius 3 is 2.55 bits per heavy atom. The summed E-state index contributed by atoms with van der Waals surface area (Å²) in [6.45, 7) is 12.3. The largest absolute Gasteiger partial charge is 0.378 e. The molecule has 220 valence electrons. The summed E-state index contributed by atoms with van der Waals surface area (Å²) in [5.74, 6) is 0.0984. The van der Waals surface area contributed by atoms with Gasteiger partial charge < -0.3 is 25.0 Å². The standard InChI is InChI=1S/C32H47FN4O3/c1-5-32(38)35-16-18-40-20-19-39-17-15-34-14-8-11-26-10-7-12-27(21-26)29-23-37(24-31(29)36(3)4)22-28-25(2)9-6-13-30(28)33/h5-7,9-10,12-13,21,29,31,34H,1,8,11,14-20,22-24H2,2-4H3,(H,35,38)/t29-,31+/m1/s1. The maximum Gasteiger partial charge on any atom is 0.243 e. The predicted molar refractivity (Wildman–Crippen MR) is 159 cm³/mol. The fraction of sp³-hybridized carbons (Fsp3) is 0.531. The van der Waals surface area contributed by atoms with Gasteiger partial charge in [-0.1, -0.05) is 43.0 Å². The highest BCUT2D eigenvalue weighted by Crippen LogP contribution is 2.32. The van der Waals surface area contributed by atoms with Gasteiger partial charge in [0.25, 0.3) is 0 Å². The topological polar surface area (TPSA) is 66.1 Å². The predicted octanol–water partition coefficient (Wildman–Crippen LogP) is 3.52. The van der Waals surface area contributed by atoms with Crippen LogP contribution in [0.15, 0.2) is 55.1 Å². The summed E-state index contributed by atoms with van der Waals surface area (Å²) >= 11 is 0. The summed E-state index contributed by atoms with van der Waals surface area (Å²) in [7, 11) is 4.29. The van der Waals surface area contributed by atoms with E-state index in [4.69, 9.17) is 9.47 Å². The summed E-state index contributed by atoms with van der Waals surface area (Å²) in [6.07, 6.45) is 3.33. The lowest BCUT2D eigenvalue weighted by Gasteiger charge is -2.26. The fourth-order valence-corrected chi connectivity index (χ4v) is 5.24. The Hall–Kier alpha value is -2.62. The van der Waals surface area contributed by atoms with E-state index < -0.39 is 0 Å². The molecule has 0 aliphatic carbocycles. The molecule has 3 rings (SSSR count). The second-order valence-corrected chi connectivity index (χ2v) is 10.7. The van der Waals surface area contributed by atoms with E-state index in [-0.39, 0.29) is 11.7 Å². The average Bonchev–Trinajstić information content (AvgIpc) is 3.38. The number of carbonyl (C=O) groups excluding carboxylic acids is 1. The number of amides is 1. The van der Waals surface area contributed by atoms with Gasteiger partial charge in [-0.3, -0.25) is 9.69 Å². The van der Waals surface area contributed by atoms with Crippen molar-refractivity contribution >= 4 is 5.91 Å². The molecule has 2 N–H and O–H groups in total. The molecule has 1 fully saturated rings. The van der Waals surface area contributed by atoms with E-state index in [1.165, 1.54) is 17.2 Å². The Morgan fingerprint density at radius 1 is 1.07 bits per heavy atom. The normalized spacial score (nSPS) is 17.4. The van der Waals surface area contributed by atoms with Gasteiger partial charge in [0.05, 0.1) is 26.4 Å². The molecule has 1 saturated heterocycles. The Bertz CT molecular complexity index is 1040. The molecule has 40 heavy (non-hydrogen) atoms. The van der Waals surface area contributed by atoms with Gasteiger partial charge in [0, 0.05) is 50.2 Å². The van der Waals surface area contributed by atoms with Crippen LogP contribution in [0.1, 0.15) is 34.6 Å². The Balaban J connectivity index is 1.35. The first kappa shape index (κ1) is 31.9. The first-order valence-corrected chi connectivity index (χ1v) is 14.4. The van der Waals surface area contributed by atoms with Crippen molar-refractivity contribution in [3.05, 3.63) is 83.2 Å². The SMILES string of the molecule is C=CC(=O)NCCOCCOCCNCCCc1cccc([C@H]2CN(Cc3c(C)cccc3F)C[C@@H]2N(C)C)c1. The van der Waals surface area contributed by atoms with Crippen molar-refractivity contribution in [3.8, 4) is 0 Å². The second kappa shape index (κ2) is 17.3. The number of nitrogens with zero attached hydrogens (tertiary/aromatic N) is 2. The summed E-state index contributed by atoms with van der Waals surface area (Å²) in [4.78, 5) is 15.7. The van der Waals surface area contributed by atoms with E-state index in [0.717, 1.165) is 50.1 Å². The summed E-state index contributed by atoms with van der Waals surface area (Å²) in [5.41, 5.74) is 4.56. The zero-order chi connectivity index (χ0) is 28.7. The number of carbonyl (C=O) groups is 1. The van der Waals surface area contributed by atoms with Crippen LogP contribution >= 0.6 is 0 Å². The Labute approximate surface area is 239 Å². The molecular formula is C32H47FN4O3. The number of hydrogen-bond acceptors (Lipinski definition) is 6. The van der Waals surface area contributed by atoms with Crippen LogP contribution < -0.4 is 10.6 Å². The number of likely N-dealkylation sites (N-methyl/N-ethyl adjacent to an activating group) is 1. The Kier molecular flexibility index (Phi) is 13.8. The lowest BCUT2D eigenvalue weighted by Crippen LogP contribution is -2.34. The van der Waals surface area contributed by atoms with Crippen molar-refractivity contribution in [1.82, 2.24) is 20.4 Å². The highest BCUT2D eigenvalue weighted by atomic mass is 19.1. The minimum atomic E-state index is -0.190. The molecule has 2 aromatic carbocycles. The van der Waals surface area contributed by atoms with Gasteiger partial charge in [-0.2, -0.15) is 0 Å². The van der Waals surface area contributed by atoms with Crippen LogP contribution in [0.2, 0.25) is 0 Å². The number of benzene rings is 2. The van der Waals surface area contributed by atoms with Crippen molar-refractivity contribution in [2.45, 2.75) is 38.3 Å². The first-order chi connectivity index (χ1) is 19.4. The molecule has 0 bridgehead atoms. The van der Waals surface area contributed by atoms with E-state index in [1.54, 1.807) is 12.1 Å². The highest BCUT2D eigenvalue weighted by Gasteiger charge is 2.35. The van der Waals surface area contributed by atoms with E-state index in [9.17, 15) is 9.18 Å². The smallest absolute Gasteiger partial charge is 0.243 e. The van der Waals surface area contributed by atoms with Gasteiger partial charge in [-0.15, -0.1) is 0 Å². The number of nitrogens with one attached hydrogen (secondary N) is 2. The third-order valence-electron chi connectivity index (χ3n) is 7.49. The zero-order valence-electron chi connectivity index (χ0n) is 24.5. The zero-order valence-corrected chi connectivity index (χ0v) is 24.5. The van der Waals surface area contributed by atoms with Crippen LogP contribution in [0.4, 0.5) is 4.39 Å². The van der Waals surface area contributed by atoms with E-state index in [0.29, 0.717) is 51.5 Å². The monoisotopic (exact) mass is 554 g/mol. The van der Waals surface area contributed by atoms with Crippen molar-refractivity contribution in [2.75, 3.05) is 73.2 Å². The quantitative estimate of drug-likeness (QED) is 0.217. The summed E-state index contributed by atoms with van der Waals surface area (Å²) in [6, 6.07) is 14.8. The average molecular weight is 555 g/mol. The van der Waals surface area contributed by atoms with Gasteiger partial charge in [0.1, 0.15) is 5.82 Å². The van der Waals surface area contributed by atoms with Gasteiger partial charge >= 0.3 is 0 Å². The molecule has 7 nitrogen and oxygen atoms in total. The molecule has 8 heteroatoms. The van der Waals surface area contributed by atoms with Gasteiger partial charge in [0.2, 0.25) is 5.91 Å². The van der Waals surface area contributed by atoms with Gasteiger partial charge in [-0.25, -0.2) is 4.39 Å². The number of aryl methyl sites for hydroxylation is 2. The number of ether oxygens (including phenoxy) is 2. The molecule has 1 aliphatic heterocycles. The minimum absolute atomic E-state index is 0.107. The van der Waals surface area contributed by atoms with Crippen LogP contribution in [-0.4, -0.2) is 95.0 Å². The molecule has 1 heterocycles. The third kappa shape index (κ3) is 10.4. The number of rotatable bonds is 18. The maximum absolute atomic E-state index is 14.5. The Morgan fingerprint density at radius 2 is 1.82 bits per heavy atom. The number of likely N-dealkylation sites (tertiary alicyclic amines) is 1. The molecular weight excluding hydrogens is 507 g/mol. The van der Waals surface area contributed by atoms with E-state index in [1.807, 2.05) is 13.0 Å². The third-order valence-corrected chi connectivity index (χ3v) is 7.49. The van der Waals surface area contributed by atoms with Gasteiger partial charge in [0.15, 0.2) is 0 Å². The van der Waals surface area contributed by atoms with Crippen LogP contribution in [0.5, 0.6) is 0 Å². The summed E-state index contributed by atoms with van der Waals surface area (Å²) < 4.78 is 25.5. The fourth-order valence-electron chi connectivity index (χ4n) is 5.24. The minimum Gasteiger partial charge on any atom is -0.378 e. The first-order valence-electron chi connectivity index (χ1n) is 14.4. The molecule has 0 aromatic heterocycles. The molecule has 0 saturated carbocycles. The van der Waals surface area contributed by atoms with Crippen LogP contribution in [-0.2, 0) is 27.2 Å².